The highest BCUT2D eigenvalue weighted by Crippen LogP contribution is 2.21. The molecule has 19 heavy (non-hydrogen) atoms. The minimum atomic E-state index is 0.769. The van der Waals surface area contributed by atoms with Crippen molar-refractivity contribution in [1.82, 2.24) is 0 Å². The summed E-state index contributed by atoms with van der Waals surface area (Å²) >= 11 is 1.81. The van der Waals surface area contributed by atoms with Crippen molar-refractivity contribution < 1.29 is 4.74 Å². The Morgan fingerprint density at radius 2 is 2.05 bits per heavy atom. The summed E-state index contributed by atoms with van der Waals surface area (Å²) < 4.78 is 5.86. The average Bonchev–Trinajstić information content (AvgIpc) is 2.86. The van der Waals surface area contributed by atoms with Crippen molar-refractivity contribution in [2.45, 2.75) is 26.7 Å². The lowest BCUT2D eigenvalue weighted by Gasteiger charge is -2.09. The first-order chi connectivity index (χ1) is 9.19. The molecule has 0 saturated heterocycles. The highest BCUT2D eigenvalue weighted by molar-refractivity contribution is 7.12. The van der Waals surface area contributed by atoms with Crippen LogP contribution in [0.2, 0.25) is 0 Å². The number of rotatable bonds is 6. The van der Waals surface area contributed by atoms with E-state index < -0.39 is 0 Å². The van der Waals surface area contributed by atoms with Gasteiger partial charge in [0.25, 0.3) is 0 Å². The third-order valence-electron chi connectivity index (χ3n) is 3.05. The van der Waals surface area contributed by atoms with Gasteiger partial charge in [0.15, 0.2) is 0 Å². The van der Waals surface area contributed by atoms with Gasteiger partial charge in [-0.25, -0.2) is 0 Å². The lowest BCUT2D eigenvalue weighted by atomic mass is 10.1. The molecule has 0 saturated carbocycles. The third kappa shape index (κ3) is 3.97. The maximum atomic E-state index is 5.86. The van der Waals surface area contributed by atoms with E-state index in [2.05, 4.69) is 50.8 Å². The molecular weight excluding hydrogens is 252 g/mol. The molecular formula is C17H20OS. The van der Waals surface area contributed by atoms with Crippen LogP contribution in [-0.4, -0.2) is 6.61 Å². The summed E-state index contributed by atoms with van der Waals surface area (Å²) in [6.45, 7) is 8.73. The lowest BCUT2D eigenvalue weighted by molar-refractivity contribution is 0.309. The van der Waals surface area contributed by atoms with Gasteiger partial charge in [0, 0.05) is 9.75 Å². The van der Waals surface area contributed by atoms with Crippen LogP contribution in [0.25, 0.3) is 6.08 Å². The number of hydrogen-bond acceptors (Lipinski definition) is 2. The quantitative estimate of drug-likeness (QED) is 0.671. The summed E-state index contributed by atoms with van der Waals surface area (Å²) in [7, 11) is 0. The molecule has 0 atom stereocenters. The van der Waals surface area contributed by atoms with E-state index in [-0.39, 0.29) is 0 Å². The Balaban J connectivity index is 1.80. The number of thiophene rings is 1. The van der Waals surface area contributed by atoms with E-state index in [1.54, 1.807) is 0 Å². The van der Waals surface area contributed by atoms with E-state index in [1.165, 1.54) is 20.9 Å². The van der Waals surface area contributed by atoms with Crippen LogP contribution < -0.4 is 4.74 Å². The number of ether oxygens (including phenoxy) is 1. The van der Waals surface area contributed by atoms with E-state index in [9.17, 15) is 0 Å². The number of aryl methyl sites for hydroxylation is 3. The second-order valence-electron chi connectivity index (χ2n) is 4.73. The zero-order valence-electron chi connectivity index (χ0n) is 11.6. The Morgan fingerprint density at radius 3 is 2.79 bits per heavy atom. The first-order valence-corrected chi connectivity index (χ1v) is 7.42. The predicted octanol–water partition coefficient (Wildman–Crippen LogP) is 5.02. The lowest BCUT2D eigenvalue weighted by Crippen LogP contribution is -2.00. The molecule has 100 valence electrons. The molecule has 0 radical (unpaired) electrons. The van der Waals surface area contributed by atoms with Gasteiger partial charge in [-0.3, -0.25) is 0 Å². The SMILES string of the molecule is C=Cc1ccc(CCCOc2cc(C)ccc2C)s1. The molecule has 2 rings (SSSR count). The molecule has 1 nitrogen and oxygen atoms in total. The highest BCUT2D eigenvalue weighted by atomic mass is 32.1. The molecule has 1 aromatic heterocycles. The maximum Gasteiger partial charge on any atom is 0.122 e. The predicted molar refractivity (Wildman–Crippen MR) is 84.1 cm³/mol. The Bertz CT molecular complexity index is 554. The molecule has 0 spiro atoms. The van der Waals surface area contributed by atoms with Crippen molar-refractivity contribution in [3.63, 3.8) is 0 Å². The van der Waals surface area contributed by atoms with Gasteiger partial charge in [-0.05, 0) is 56.0 Å². The molecule has 0 N–H and O–H groups in total. The average molecular weight is 272 g/mol. The zero-order chi connectivity index (χ0) is 13.7. The summed E-state index contributed by atoms with van der Waals surface area (Å²) in [5, 5.41) is 0. The molecule has 0 aliphatic rings. The Kier molecular flexibility index (Phi) is 4.80. The van der Waals surface area contributed by atoms with Crippen LogP contribution in [0.4, 0.5) is 0 Å². The van der Waals surface area contributed by atoms with Gasteiger partial charge in [0.05, 0.1) is 6.61 Å². The fourth-order valence-electron chi connectivity index (χ4n) is 1.93. The zero-order valence-corrected chi connectivity index (χ0v) is 12.4. The fraction of sp³-hybridized carbons (Fsp3) is 0.294. The normalized spacial score (nSPS) is 10.4. The molecule has 0 bridgehead atoms. The van der Waals surface area contributed by atoms with Crippen LogP contribution in [0.3, 0.4) is 0 Å². The summed E-state index contributed by atoms with van der Waals surface area (Å²) in [6.07, 6.45) is 4.02. The van der Waals surface area contributed by atoms with Crippen molar-refractivity contribution in [3.8, 4) is 5.75 Å². The minimum absolute atomic E-state index is 0.769. The van der Waals surface area contributed by atoms with Crippen LogP contribution in [0, 0.1) is 13.8 Å². The van der Waals surface area contributed by atoms with Crippen molar-refractivity contribution in [1.29, 1.82) is 0 Å². The highest BCUT2D eigenvalue weighted by Gasteiger charge is 2.01. The molecule has 0 aliphatic carbocycles. The van der Waals surface area contributed by atoms with Gasteiger partial charge >= 0.3 is 0 Å². The Hall–Kier alpha value is -1.54. The van der Waals surface area contributed by atoms with E-state index in [1.807, 2.05) is 17.4 Å². The standard InChI is InChI=1S/C17H20OS/c1-4-15-9-10-16(19-15)6-5-11-18-17-12-13(2)7-8-14(17)3/h4,7-10,12H,1,5-6,11H2,2-3H3. The summed E-state index contributed by atoms with van der Waals surface area (Å²) in [6, 6.07) is 10.6. The molecule has 0 unspecified atom stereocenters. The van der Waals surface area contributed by atoms with Gasteiger partial charge in [0.2, 0.25) is 0 Å². The van der Waals surface area contributed by atoms with Crippen LogP contribution in [0.1, 0.15) is 27.3 Å². The van der Waals surface area contributed by atoms with E-state index >= 15 is 0 Å². The largest absolute Gasteiger partial charge is 0.493 e. The second-order valence-corrected chi connectivity index (χ2v) is 5.93. The topological polar surface area (TPSA) is 9.23 Å². The molecule has 2 aromatic rings. The number of benzene rings is 1. The Morgan fingerprint density at radius 1 is 1.21 bits per heavy atom. The van der Waals surface area contributed by atoms with Crippen LogP contribution >= 0.6 is 11.3 Å². The van der Waals surface area contributed by atoms with Crippen LogP contribution in [0.5, 0.6) is 5.75 Å². The number of hydrogen-bond donors (Lipinski definition) is 0. The summed E-state index contributed by atoms with van der Waals surface area (Å²) in [4.78, 5) is 2.64. The third-order valence-corrected chi connectivity index (χ3v) is 4.19. The smallest absolute Gasteiger partial charge is 0.122 e. The minimum Gasteiger partial charge on any atom is -0.493 e. The monoisotopic (exact) mass is 272 g/mol. The summed E-state index contributed by atoms with van der Waals surface area (Å²) in [5.74, 6) is 1.01. The second kappa shape index (κ2) is 6.58. The van der Waals surface area contributed by atoms with Gasteiger partial charge in [-0.2, -0.15) is 0 Å². The van der Waals surface area contributed by atoms with Crippen molar-refractivity contribution in [2.75, 3.05) is 6.61 Å². The van der Waals surface area contributed by atoms with Crippen molar-refractivity contribution in [3.05, 3.63) is 57.8 Å². The first-order valence-electron chi connectivity index (χ1n) is 6.60. The van der Waals surface area contributed by atoms with Gasteiger partial charge < -0.3 is 4.74 Å². The maximum absolute atomic E-state index is 5.86. The first kappa shape index (κ1) is 13.9. The summed E-state index contributed by atoms with van der Waals surface area (Å²) in [5.41, 5.74) is 2.45. The molecule has 1 heterocycles. The van der Waals surface area contributed by atoms with Gasteiger partial charge in [-0.1, -0.05) is 24.8 Å². The van der Waals surface area contributed by atoms with E-state index in [0.29, 0.717) is 0 Å². The van der Waals surface area contributed by atoms with Gasteiger partial charge in [0.1, 0.15) is 5.75 Å². The van der Waals surface area contributed by atoms with Crippen molar-refractivity contribution >= 4 is 17.4 Å². The molecule has 0 aliphatic heterocycles. The van der Waals surface area contributed by atoms with Crippen molar-refractivity contribution in [2.24, 2.45) is 0 Å². The van der Waals surface area contributed by atoms with E-state index in [4.69, 9.17) is 4.74 Å². The molecule has 1 aromatic carbocycles. The van der Waals surface area contributed by atoms with Crippen LogP contribution in [0.15, 0.2) is 36.9 Å². The Labute approximate surface area is 119 Å². The molecule has 0 fully saturated rings. The van der Waals surface area contributed by atoms with Crippen LogP contribution in [-0.2, 0) is 6.42 Å². The van der Waals surface area contributed by atoms with Gasteiger partial charge in [-0.15, -0.1) is 11.3 Å². The molecule has 0 amide bonds. The fourth-order valence-corrected chi connectivity index (χ4v) is 2.83. The molecule has 2 heteroatoms. The van der Waals surface area contributed by atoms with E-state index in [0.717, 1.165) is 25.2 Å².